The number of fused-ring (bicyclic) bond motifs is 2. The fraction of sp³-hybridized carbons (Fsp3) is 0.421. The molecule has 1 aliphatic heterocycles. The average Bonchev–Trinajstić information content (AvgIpc) is 2.94. The van der Waals surface area contributed by atoms with E-state index >= 15 is 0 Å². The van der Waals surface area contributed by atoms with Crippen molar-refractivity contribution in [1.82, 2.24) is 0 Å². The van der Waals surface area contributed by atoms with Gasteiger partial charge in [0.25, 0.3) is 0 Å². The highest BCUT2D eigenvalue weighted by atomic mass is 16.5. The van der Waals surface area contributed by atoms with Crippen LogP contribution in [0.4, 0.5) is 0 Å². The Hall–Kier alpha value is -1.83. The van der Waals surface area contributed by atoms with Gasteiger partial charge in [0.05, 0.1) is 12.0 Å². The normalized spacial score (nSPS) is 31.4. The van der Waals surface area contributed by atoms with Crippen LogP contribution in [0.2, 0.25) is 0 Å². The molecule has 4 rings (SSSR count). The Morgan fingerprint density at radius 3 is 2.86 bits per heavy atom. The first-order valence-corrected chi connectivity index (χ1v) is 7.82. The fourth-order valence-corrected chi connectivity index (χ4v) is 4.38. The molecule has 21 heavy (non-hydrogen) atoms. The van der Waals surface area contributed by atoms with E-state index in [1.165, 1.54) is 16.3 Å². The number of cyclic esters (lactones) is 1. The van der Waals surface area contributed by atoms with Crippen molar-refractivity contribution in [1.29, 1.82) is 0 Å². The summed E-state index contributed by atoms with van der Waals surface area (Å²) in [6.07, 6.45) is 2.92. The van der Waals surface area contributed by atoms with Crippen LogP contribution in [0, 0.1) is 17.3 Å². The summed E-state index contributed by atoms with van der Waals surface area (Å²) in [4.78, 5) is 12.4. The smallest absolute Gasteiger partial charge is 0.312 e. The maximum absolute atomic E-state index is 12.4. The van der Waals surface area contributed by atoms with Crippen molar-refractivity contribution in [3.8, 4) is 0 Å². The Balaban J connectivity index is 1.71. The number of rotatable bonds is 2. The van der Waals surface area contributed by atoms with Crippen LogP contribution in [0.15, 0.2) is 42.5 Å². The zero-order valence-corrected chi connectivity index (χ0v) is 12.3. The standard InChI is InChI=1S/C19H20O2/c1-13-8-17-12-21-18(20)19(17,10-13)11-14-6-7-15-4-2-3-5-16(15)9-14/h2-7,9,13,17H,8,10-12H2,1H3/t13-,17+,19-/m0/s1. The molecule has 2 heteroatoms. The van der Waals surface area contributed by atoms with Gasteiger partial charge in [-0.2, -0.15) is 0 Å². The molecule has 2 nitrogen and oxygen atoms in total. The number of ether oxygens (including phenoxy) is 1. The fourth-order valence-electron chi connectivity index (χ4n) is 4.38. The van der Waals surface area contributed by atoms with Crippen LogP contribution in [0.25, 0.3) is 10.8 Å². The van der Waals surface area contributed by atoms with Crippen LogP contribution in [0.1, 0.15) is 25.3 Å². The molecule has 0 N–H and O–H groups in total. The SMILES string of the molecule is C[C@H]1C[C@@H]2COC(=O)[C@]2(Cc2ccc3ccccc3c2)C1. The van der Waals surface area contributed by atoms with E-state index < -0.39 is 0 Å². The number of esters is 1. The predicted octanol–water partition coefficient (Wildman–Crippen LogP) is 3.97. The van der Waals surface area contributed by atoms with Crippen LogP contribution in [-0.4, -0.2) is 12.6 Å². The molecule has 0 bridgehead atoms. The zero-order valence-electron chi connectivity index (χ0n) is 12.3. The monoisotopic (exact) mass is 280 g/mol. The summed E-state index contributed by atoms with van der Waals surface area (Å²) in [6, 6.07) is 15.0. The maximum Gasteiger partial charge on any atom is 0.312 e. The van der Waals surface area contributed by atoms with Gasteiger partial charge in [0.2, 0.25) is 0 Å². The third-order valence-electron chi connectivity index (χ3n) is 5.34. The Bertz CT molecular complexity index is 706. The Morgan fingerprint density at radius 1 is 1.19 bits per heavy atom. The summed E-state index contributed by atoms with van der Waals surface area (Å²) in [5.74, 6) is 1.07. The lowest BCUT2D eigenvalue weighted by Gasteiger charge is -2.24. The van der Waals surface area contributed by atoms with E-state index in [1.807, 2.05) is 0 Å². The molecular weight excluding hydrogens is 260 g/mol. The second-order valence-corrected chi connectivity index (χ2v) is 6.85. The van der Waals surface area contributed by atoms with Crippen LogP contribution < -0.4 is 0 Å². The van der Waals surface area contributed by atoms with Crippen molar-refractivity contribution in [2.24, 2.45) is 17.3 Å². The van der Waals surface area contributed by atoms with E-state index in [0.717, 1.165) is 19.3 Å². The van der Waals surface area contributed by atoms with E-state index in [-0.39, 0.29) is 11.4 Å². The molecule has 2 aromatic carbocycles. The molecule has 0 aromatic heterocycles. The summed E-state index contributed by atoms with van der Waals surface area (Å²) in [6.45, 7) is 2.88. The van der Waals surface area contributed by atoms with Crippen LogP contribution >= 0.6 is 0 Å². The minimum Gasteiger partial charge on any atom is -0.465 e. The summed E-state index contributed by atoms with van der Waals surface area (Å²) in [7, 11) is 0. The molecule has 1 saturated carbocycles. The van der Waals surface area contributed by atoms with Gasteiger partial charge in [-0.25, -0.2) is 0 Å². The molecule has 1 saturated heterocycles. The van der Waals surface area contributed by atoms with Gasteiger partial charge < -0.3 is 4.74 Å². The minimum absolute atomic E-state index is 0.0324. The van der Waals surface area contributed by atoms with E-state index in [0.29, 0.717) is 18.4 Å². The van der Waals surface area contributed by atoms with Gasteiger partial charge in [0.15, 0.2) is 0 Å². The van der Waals surface area contributed by atoms with E-state index in [4.69, 9.17) is 4.74 Å². The van der Waals surface area contributed by atoms with E-state index in [2.05, 4.69) is 49.4 Å². The third kappa shape index (κ3) is 1.97. The summed E-state index contributed by atoms with van der Waals surface area (Å²) >= 11 is 0. The molecule has 0 unspecified atom stereocenters. The minimum atomic E-state index is -0.262. The summed E-state index contributed by atoms with van der Waals surface area (Å²) in [5, 5.41) is 2.50. The van der Waals surface area contributed by atoms with E-state index in [1.54, 1.807) is 0 Å². The number of carbonyl (C=O) groups excluding carboxylic acids is 1. The molecule has 0 amide bonds. The number of hydrogen-bond acceptors (Lipinski definition) is 2. The number of benzene rings is 2. The molecule has 0 radical (unpaired) electrons. The molecular formula is C19H20O2. The Labute approximate surface area is 125 Å². The lowest BCUT2D eigenvalue weighted by molar-refractivity contribution is -0.146. The van der Waals surface area contributed by atoms with Crippen molar-refractivity contribution in [2.45, 2.75) is 26.2 Å². The first-order chi connectivity index (χ1) is 10.2. The van der Waals surface area contributed by atoms with Gasteiger partial charge >= 0.3 is 5.97 Å². The molecule has 108 valence electrons. The lowest BCUT2D eigenvalue weighted by atomic mass is 9.75. The summed E-state index contributed by atoms with van der Waals surface area (Å²) < 4.78 is 5.39. The first-order valence-electron chi connectivity index (χ1n) is 7.82. The Kier molecular flexibility index (Phi) is 2.81. The van der Waals surface area contributed by atoms with Gasteiger partial charge in [-0.05, 0) is 41.5 Å². The van der Waals surface area contributed by atoms with Crippen molar-refractivity contribution in [2.75, 3.05) is 6.61 Å². The number of hydrogen-bond donors (Lipinski definition) is 0. The topological polar surface area (TPSA) is 26.3 Å². The van der Waals surface area contributed by atoms with Crippen molar-refractivity contribution >= 4 is 16.7 Å². The highest BCUT2D eigenvalue weighted by Crippen LogP contribution is 2.53. The van der Waals surface area contributed by atoms with Crippen LogP contribution in [0.5, 0.6) is 0 Å². The van der Waals surface area contributed by atoms with Gasteiger partial charge in [-0.1, -0.05) is 49.4 Å². The van der Waals surface area contributed by atoms with Gasteiger partial charge in [-0.3, -0.25) is 4.79 Å². The molecule has 0 spiro atoms. The highest BCUT2D eigenvalue weighted by molar-refractivity contribution is 5.84. The second-order valence-electron chi connectivity index (χ2n) is 6.85. The molecule has 3 atom stereocenters. The largest absolute Gasteiger partial charge is 0.465 e. The maximum atomic E-state index is 12.4. The molecule has 1 aliphatic carbocycles. The lowest BCUT2D eigenvalue weighted by Crippen LogP contribution is -2.31. The molecule has 1 heterocycles. The average molecular weight is 280 g/mol. The van der Waals surface area contributed by atoms with Gasteiger partial charge in [0, 0.05) is 5.92 Å². The quantitative estimate of drug-likeness (QED) is 0.778. The number of carbonyl (C=O) groups is 1. The van der Waals surface area contributed by atoms with Crippen LogP contribution in [-0.2, 0) is 16.0 Å². The Morgan fingerprint density at radius 2 is 2.00 bits per heavy atom. The zero-order chi connectivity index (χ0) is 14.4. The predicted molar refractivity (Wildman–Crippen MR) is 82.9 cm³/mol. The second kappa shape index (κ2) is 4.59. The van der Waals surface area contributed by atoms with Crippen molar-refractivity contribution in [3.05, 3.63) is 48.0 Å². The van der Waals surface area contributed by atoms with Gasteiger partial charge in [-0.15, -0.1) is 0 Å². The van der Waals surface area contributed by atoms with Crippen molar-refractivity contribution in [3.63, 3.8) is 0 Å². The molecule has 2 fully saturated rings. The summed E-state index contributed by atoms with van der Waals surface area (Å²) in [5.41, 5.74) is 0.994. The van der Waals surface area contributed by atoms with Crippen molar-refractivity contribution < 1.29 is 9.53 Å². The molecule has 2 aromatic rings. The van der Waals surface area contributed by atoms with Crippen LogP contribution in [0.3, 0.4) is 0 Å². The van der Waals surface area contributed by atoms with Gasteiger partial charge in [0.1, 0.15) is 0 Å². The highest BCUT2D eigenvalue weighted by Gasteiger charge is 2.56. The van der Waals surface area contributed by atoms with E-state index in [9.17, 15) is 4.79 Å². The first kappa shape index (κ1) is 12.9. The third-order valence-corrected chi connectivity index (χ3v) is 5.34. The molecule has 2 aliphatic rings.